The van der Waals surface area contributed by atoms with Crippen LogP contribution < -0.4 is 0 Å². The van der Waals surface area contributed by atoms with Gasteiger partial charge in [-0.1, -0.05) is 22.6 Å². The highest BCUT2D eigenvalue weighted by molar-refractivity contribution is 14.1. The first-order valence-corrected chi connectivity index (χ1v) is 10.5. The van der Waals surface area contributed by atoms with Gasteiger partial charge in [0.05, 0.1) is 92.3 Å². The number of carbonyl (C=O) groups excluding carboxylic acids is 1. The van der Waals surface area contributed by atoms with E-state index in [0.29, 0.717) is 79.3 Å². The van der Waals surface area contributed by atoms with Crippen LogP contribution in [0.4, 0.5) is 0 Å². The second-order valence-electron chi connectivity index (χ2n) is 4.92. The van der Waals surface area contributed by atoms with E-state index in [1.807, 2.05) is 0 Å². The zero-order chi connectivity index (χ0) is 19.1. The monoisotopic (exact) mass is 492 g/mol. The lowest BCUT2D eigenvalue weighted by Crippen LogP contribution is -2.14. The Kier molecular flexibility index (Phi) is 23.0. The van der Waals surface area contributed by atoms with Crippen molar-refractivity contribution < 1.29 is 38.0 Å². The fraction of sp³-hybridized carbons (Fsp3) is 0.941. The van der Waals surface area contributed by atoms with Crippen LogP contribution in [-0.2, 0) is 38.0 Å². The van der Waals surface area contributed by atoms with Crippen molar-refractivity contribution in [3.05, 3.63) is 0 Å². The Labute approximate surface area is 170 Å². The van der Waals surface area contributed by atoms with Crippen molar-refractivity contribution in [1.82, 2.24) is 0 Å². The van der Waals surface area contributed by atoms with E-state index >= 15 is 0 Å². The van der Waals surface area contributed by atoms with Crippen LogP contribution >= 0.6 is 22.6 Å². The molecule has 0 saturated heterocycles. The first kappa shape index (κ1) is 26.0. The molecule has 0 bridgehead atoms. The van der Waals surface area contributed by atoms with Crippen LogP contribution in [-0.4, -0.2) is 96.3 Å². The molecular weight excluding hydrogens is 459 g/mol. The van der Waals surface area contributed by atoms with Crippen molar-refractivity contribution in [2.45, 2.75) is 13.3 Å². The number of carbonyl (C=O) groups is 1. The zero-order valence-corrected chi connectivity index (χ0v) is 17.9. The SMILES string of the molecule is CCOC(=O)CCOCCOCCOCCOCCOCCOCCI. The summed E-state index contributed by atoms with van der Waals surface area (Å²) >= 11 is 2.27. The van der Waals surface area contributed by atoms with E-state index in [9.17, 15) is 4.79 Å². The van der Waals surface area contributed by atoms with E-state index in [1.165, 1.54) is 0 Å². The summed E-state index contributed by atoms with van der Waals surface area (Å²) in [6.45, 7) is 8.63. The third-order valence-corrected chi connectivity index (χ3v) is 3.28. The van der Waals surface area contributed by atoms with E-state index < -0.39 is 0 Å². The van der Waals surface area contributed by atoms with Gasteiger partial charge in [0.25, 0.3) is 0 Å². The summed E-state index contributed by atoms with van der Waals surface area (Å²) in [5.74, 6) is -0.240. The molecule has 0 saturated carbocycles. The molecule has 26 heavy (non-hydrogen) atoms. The number of esters is 1. The summed E-state index contributed by atoms with van der Waals surface area (Å²) in [6.07, 6.45) is 0.272. The Bertz CT molecular complexity index is 294. The minimum absolute atomic E-state index is 0.240. The fourth-order valence-electron chi connectivity index (χ4n) is 1.64. The molecule has 0 aliphatic heterocycles. The lowest BCUT2D eigenvalue weighted by atomic mass is 10.5. The molecular formula is C17H33IO8. The molecule has 156 valence electrons. The lowest BCUT2D eigenvalue weighted by Gasteiger charge is -2.08. The summed E-state index contributed by atoms with van der Waals surface area (Å²) < 4.78 is 37.8. The van der Waals surface area contributed by atoms with Crippen molar-refractivity contribution in [2.75, 3.05) is 90.3 Å². The molecule has 0 radical (unpaired) electrons. The summed E-state index contributed by atoms with van der Waals surface area (Å²) in [5.41, 5.74) is 0. The Hall–Kier alpha value is -0.0400. The van der Waals surface area contributed by atoms with Crippen LogP contribution in [0.5, 0.6) is 0 Å². The van der Waals surface area contributed by atoms with Gasteiger partial charge in [0.2, 0.25) is 0 Å². The average Bonchev–Trinajstić information content (AvgIpc) is 2.64. The van der Waals surface area contributed by atoms with Gasteiger partial charge < -0.3 is 33.2 Å². The number of ether oxygens (including phenoxy) is 7. The van der Waals surface area contributed by atoms with E-state index in [4.69, 9.17) is 33.2 Å². The molecule has 0 aromatic heterocycles. The molecule has 0 amide bonds. The minimum Gasteiger partial charge on any atom is -0.466 e. The normalized spacial score (nSPS) is 11.0. The van der Waals surface area contributed by atoms with Gasteiger partial charge >= 0.3 is 5.97 Å². The molecule has 0 unspecified atom stereocenters. The molecule has 0 aliphatic carbocycles. The number of rotatable bonds is 21. The Morgan fingerprint density at radius 3 is 1.31 bits per heavy atom. The van der Waals surface area contributed by atoms with Crippen molar-refractivity contribution in [3.63, 3.8) is 0 Å². The summed E-state index contributed by atoms with van der Waals surface area (Å²) in [5, 5.41) is 0. The first-order valence-electron chi connectivity index (χ1n) is 8.99. The maximum Gasteiger partial charge on any atom is 0.308 e. The molecule has 0 aromatic carbocycles. The van der Waals surface area contributed by atoms with Crippen molar-refractivity contribution in [2.24, 2.45) is 0 Å². The summed E-state index contributed by atoms with van der Waals surface area (Å²) in [7, 11) is 0. The highest BCUT2D eigenvalue weighted by atomic mass is 127. The number of hydrogen-bond acceptors (Lipinski definition) is 8. The van der Waals surface area contributed by atoms with Crippen LogP contribution in [0.25, 0.3) is 0 Å². The second-order valence-corrected chi connectivity index (χ2v) is 6.00. The number of hydrogen-bond donors (Lipinski definition) is 0. The van der Waals surface area contributed by atoms with Crippen LogP contribution in [0, 0.1) is 0 Å². The quantitative estimate of drug-likeness (QED) is 0.103. The van der Waals surface area contributed by atoms with E-state index in [0.717, 1.165) is 11.0 Å². The minimum atomic E-state index is -0.240. The topological polar surface area (TPSA) is 81.7 Å². The van der Waals surface area contributed by atoms with Crippen LogP contribution in [0.15, 0.2) is 0 Å². The van der Waals surface area contributed by atoms with Gasteiger partial charge in [-0.3, -0.25) is 4.79 Å². The second kappa shape index (κ2) is 23.0. The van der Waals surface area contributed by atoms with E-state index in [2.05, 4.69) is 22.6 Å². The van der Waals surface area contributed by atoms with Crippen molar-refractivity contribution in [1.29, 1.82) is 0 Å². The Morgan fingerprint density at radius 1 is 0.615 bits per heavy atom. The van der Waals surface area contributed by atoms with Gasteiger partial charge in [-0.05, 0) is 6.92 Å². The largest absolute Gasteiger partial charge is 0.466 e. The van der Waals surface area contributed by atoms with Gasteiger partial charge in [0.15, 0.2) is 0 Å². The van der Waals surface area contributed by atoms with Crippen LogP contribution in [0.3, 0.4) is 0 Å². The fourth-order valence-corrected chi connectivity index (χ4v) is 1.96. The maximum absolute atomic E-state index is 11.1. The molecule has 0 rings (SSSR count). The molecule has 0 atom stereocenters. The maximum atomic E-state index is 11.1. The molecule has 9 heteroatoms. The highest BCUT2D eigenvalue weighted by Crippen LogP contribution is 1.89. The third-order valence-electron chi connectivity index (χ3n) is 2.84. The molecule has 0 heterocycles. The molecule has 8 nitrogen and oxygen atoms in total. The number of halogens is 1. The van der Waals surface area contributed by atoms with Gasteiger partial charge in [-0.25, -0.2) is 0 Å². The average molecular weight is 492 g/mol. The Balaban J connectivity index is 3.02. The third kappa shape index (κ3) is 22.0. The molecule has 0 spiro atoms. The summed E-state index contributed by atoms with van der Waals surface area (Å²) in [6, 6.07) is 0. The standard InChI is InChI=1S/C17H33IO8/c1-2-26-17(19)3-5-20-7-9-22-11-13-24-15-16-25-14-12-23-10-8-21-6-4-18/h2-16H2,1H3. The molecule has 0 aliphatic rings. The first-order chi connectivity index (χ1) is 12.8. The molecule has 0 N–H and O–H groups in total. The summed E-state index contributed by atoms with van der Waals surface area (Å²) in [4.78, 5) is 11.1. The van der Waals surface area contributed by atoms with Gasteiger partial charge in [-0.15, -0.1) is 0 Å². The smallest absolute Gasteiger partial charge is 0.308 e. The van der Waals surface area contributed by atoms with Gasteiger partial charge in [0.1, 0.15) is 0 Å². The number of alkyl halides is 1. The van der Waals surface area contributed by atoms with E-state index in [1.54, 1.807) is 6.92 Å². The molecule has 0 aromatic rings. The highest BCUT2D eigenvalue weighted by Gasteiger charge is 2.00. The zero-order valence-electron chi connectivity index (χ0n) is 15.8. The van der Waals surface area contributed by atoms with E-state index in [-0.39, 0.29) is 12.4 Å². The van der Waals surface area contributed by atoms with Gasteiger partial charge in [-0.2, -0.15) is 0 Å². The van der Waals surface area contributed by atoms with Gasteiger partial charge in [0, 0.05) is 4.43 Å². The predicted octanol–water partition coefficient (Wildman–Crippen LogP) is 1.47. The van der Waals surface area contributed by atoms with Crippen molar-refractivity contribution in [3.8, 4) is 0 Å². The predicted molar refractivity (Wildman–Crippen MR) is 105 cm³/mol. The lowest BCUT2D eigenvalue weighted by molar-refractivity contribution is -0.144. The van der Waals surface area contributed by atoms with Crippen molar-refractivity contribution >= 4 is 28.6 Å². The van der Waals surface area contributed by atoms with Crippen LogP contribution in [0.1, 0.15) is 13.3 Å². The van der Waals surface area contributed by atoms with Crippen LogP contribution in [0.2, 0.25) is 0 Å². The Morgan fingerprint density at radius 2 is 0.962 bits per heavy atom. The molecule has 0 fully saturated rings.